The lowest BCUT2D eigenvalue weighted by Gasteiger charge is -2.32. The summed E-state index contributed by atoms with van der Waals surface area (Å²) in [5.74, 6) is -1.09. The molecule has 304 valence electrons. The normalized spacial score (nSPS) is 15.1. The molecule has 0 spiro atoms. The minimum Gasteiger partial charge on any atom is -0.274 e. The number of carbonyl (C=O) groups excluding carboxylic acids is 4. The summed E-state index contributed by atoms with van der Waals surface area (Å²) in [6, 6.07) is 14.9. The maximum absolute atomic E-state index is 14.3. The lowest BCUT2D eigenvalue weighted by molar-refractivity contribution is -0.480. The van der Waals surface area contributed by atoms with E-state index in [2.05, 4.69) is 13.8 Å². The van der Waals surface area contributed by atoms with Gasteiger partial charge in [-0.2, -0.15) is 0 Å². The Balaban J connectivity index is 1.21. The van der Waals surface area contributed by atoms with Gasteiger partial charge in [0.25, 0.3) is 23.6 Å². The number of amides is 4. The van der Waals surface area contributed by atoms with E-state index in [4.69, 9.17) is 0 Å². The van der Waals surface area contributed by atoms with Crippen molar-refractivity contribution in [2.24, 2.45) is 11.8 Å². The summed E-state index contributed by atoms with van der Waals surface area (Å²) in [7, 11) is 0. The fourth-order valence-electron chi connectivity index (χ4n) is 9.56. The minimum atomic E-state index is -0.322. The maximum atomic E-state index is 14.3. The van der Waals surface area contributed by atoms with Crippen molar-refractivity contribution in [1.82, 2.24) is 9.80 Å². The second kappa shape index (κ2) is 17.5. The molecule has 0 N–H and O–H groups in total. The van der Waals surface area contributed by atoms with Gasteiger partial charge >= 0.3 is 0 Å². The van der Waals surface area contributed by atoms with Crippen LogP contribution in [0.15, 0.2) is 48.5 Å². The van der Waals surface area contributed by atoms with E-state index in [0.29, 0.717) is 59.0 Å². The van der Waals surface area contributed by atoms with Crippen LogP contribution in [-0.4, -0.2) is 69.5 Å². The third-order valence-electron chi connectivity index (χ3n) is 12.5. The molecule has 5 aromatic rings. The largest absolute Gasteiger partial charge is 0.274 e. The highest BCUT2D eigenvalue weighted by molar-refractivity contribution is 6.41. The molecule has 0 aliphatic carbocycles. The van der Waals surface area contributed by atoms with Crippen LogP contribution in [0.3, 0.4) is 0 Å². The zero-order chi connectivity index (χ0) is 41.1. The van der Waals surface area contributed by atoms with E-state index in [-0.39, 0.29) is 58.4 Å². The van der Waals surface area contributed by atoms with Gasteiger partial charge in [0.1, 0.15) is 0 Å². The summed E-state index contributed by atoms with van der Waals surface area (Å²) in [5, 5.41) is 27.8. The van der Waals surface area contributed by atoms with E-state index >= 15 is 0 Å². The first-order valence-electron chi connectivity index (χ1n) is 21.2. The Morgan fingerprint density at radius 3 is 1.05 bits per heavy atom. The number of unbranched alkanes of at least 4 members (excludes halogenated alkanes) is 6. The summed E-state index contributed by atoms with van der Waals surface area (Å²) in [5.41, 5.74) is 1.89. The van der Waals surface area contributed by atoms with Crippen LogP contribution in [0.2, 0.25) is 0 Å². The summed E-state index contributed by atoms with van der Waals surface area (Å²) in [6.45, 7) is 4.71. The third-order valence-corrected chi connectivity index (χ3v) is 12.5. The molecule has 0 bridgehead atoms. The van der Waals surface area contributed by atoms with Crippen LogP contribution in [0, 0.1) is 32.1 Å². The number of fused-ring (bicyclic) bond motifs is 2. The fraction of sp³-hybridized carbons (Fsp3) is 0.478. The molecule has 2 aliphatic rings. The Bertz CT molecular complexity index is 2140. The number of nitrogens with zero attached hydrogens (tertiary/aromatic N) is 4. The van der Waals surface area contributed by atoms with Gasteiger partial charge in [-0.1, -0.05) is 76.6 Å². The molecule has 12 nitrogen and oxygen atoms in total. The number of rotatable bonds is 22. The van der Waals surface area contributed by atoms with E-state index in [1.807, 2.05) is 24.3 Å². The Kier molecular flexibility index (Phi) is 12.3. The molecule has 2 unspecified atom stereocenters. The molecule has 7 rings (SSSR count). The second-order valence-corrected chi connectivity index (χ2v) is 16.4. The van der Waals surface area contributed by atoms with Gasteiger partial charge in [0.05, 0.1) is 0 Å². The third kappa shape index (κ3) is 7.73. The molecule has 5 aromatic carbocycles. The SMILES string of the molecule is CCCCC(CCCCC[N+](=O)[O-])CN1C(=O)c2ccc3c4ccc5c6c(ccc(c7ccc(c2c37)C1=O)c64)C(=O)N(CC(CCCC)CCCCC[N+](=O)[O-])C5=O. The molecule has 0 aromatic heterocycles. The lowest BCUT2D eigenvalue weighted by Crippen LogP contribution is -2.43. The van der Waals surface area contributed by atoms with Gasteiger partial charge in [-0.3, -0.25) is 49.2 Å². The maximum Gasteiger partial charge on any atom is 0.261 e. The van der Waals surface area contributed by atoms with E-state index in [0.717, 1.165) is 109 Å². The van der Waals surface area contributed by atoms with E-state index < -0.39 is 0 Å². The molecule has 2 heterocycles. The Morgan fingerprint density at radius 2 is 0.759 bits per heavy atom. The topological polar surface area (TPSA) is 161 Å². The Hall–Kier alpha value is -5.52. The molecule has 2 atom stereocenters. The first-order chi connectivity index (χ1) is 28.0. The van der Waals surface area contributed by atoms with Gasteiger partial charge < -0.3 is 0 Å². The van der Waals surface area contributed by atoms with Crippen molar-refractivity contribution in [1.29, 1.82) is 0 Å². The van der Waals surface area contributed by atoms with Gasteiger partial charge in [0.15, 0.2) is 0 Å². The van der Waals surface area contributed by atoms with Crippen LogP contribution < -0.4 is 0 Å². The van der Waals surface area contributed by atoms with E-state index in [1.165, 1.54) is 9.80 Å². The predicted molar refractivity (Wildman–Crippen MR) is 225 cm³/mol. The molecule has 0 fully saturated rings. The van der Waals surface area contributed by atoms with Crippen molar-refractivity contribution in [2.45, 2.75) is 104 Å². The molecule has 58 heavy (non-hydrogen) atoms. The van der Waals surface area contributed by atoms with Gasteiger partial charge in [-0.05, 0) is 107 Å². The molecule has 0 saturated heterocycles. The molecular weight excluding hydrogens is 737 g/mol. The number of imide groups is 2. The van der Waals surface area contributed by atoms with Crippen LogP contribution in [0.5, 0.6) is 0 Å². The predicted octanol–water partition coefficient (Wildman–Crippen LogP) is 10.2. The average Bonchev–Trinajstić information content (AvgIpc) is 3.21. The molecular formula is C46H52N4O8. The summed E-state index contributed by atoms with van der Waals surface area (Å²) in [4.78, 5) is 80.8. The van der Waals surface area contributed by atoms with E-state index in [1.54, 1.807) is 24.3 Å². The van der Waals surface area contributed by atoms with Crippen molar-refractivity contribution >= 4 is 66.7 Å². The molecule has 2 aliphatic heterocycles. The van der Waals surface area contributed by atoms with Crippen LogP contribution in [-0.2, 0) is 0 Å². The van der Waals surface area contributed by atoms with Crippen LogP contribution in [0.1, 0.15) is 145 Å². The van der Waals surface area contributed by atoms with Gasteiger partial charge in [0, 0.05) is 68.8 Å². The summed E-state index contributed by atoms with van der Waals surface area (Å²) < 4.78 is 0. The van der Waals surface area contributed by atoms with Gasteiger partial charge in [0.2, 0.25) is 13.1 Å². The zero-order valence-electron chi connectivity index (χ0n) is 33.6. The fourth-order valence-corrected chi connectivity index (χ4v) is 9.56. The van der Waals surface area contributed by atoms with Gasteiger partial charge in [-0.15, -0.1) is 0 Å². The number of nitro groups is 2. The van der Waals surface area contributed by atoms with Crippen LogP contribution >= 0.6 is 0 Å². The molecule has 12 heteroatoms. The quantitative estimate of drug-likeness (QED) is 0.0167. The van der Waals surface area contributed by atoms with Crippen molar-refractivity contribution in [3.8, 4) is 0 Å². The van der Waals surface area contributed by atoms with Crippen molar-refractivity contribution in [2.75, 3.05) is 26.2 Å². The smallest absolute Gasteiger partial charge is 0.261 e. The first-order valence-corrected chi connectivity index (χ1v) is 21.2. The van der Waals surface area contributed by atoms with Crippen molar-refractivity contribution < 1.29 is 29.0 Å². The van der Waals surface area contributed by atoms with Crippen LogP contribution in [0.25, 0.3) is 43.1 Å². The van der Waals surface area contributed by atoms with E-state index in [9.17, 15) is 39.4 Å². The highest BCUT2D eigenvalue weighted by atomic mass is 16.6. The van der Waals surface area contributed by atoms with Crippen molar-refractivity contribution in [3.63, 3.8) is 0 Å². The van der Waals surface area contributed by atoms with Crippen molar-refractivity contribution in [3.05, 3.63) is 91.0 Å². The number of hydrogen-bond acceptors (Lipinski definition) is 8. The summed E-state index contributed by atoms with van der Waals surface area (Å²) in [6.07, 6.45) is 11.3. The number of hydrogen-bond donors (Lipinski definition) is 0. The monoisotopic (exact) mass is 788 g/mol. The zero-order valence-corrected chi connectivity index (χ0v) is 33.6. The summed E-state index contributed by atoms with van der Waals surface area (Å²) >= 11 is 0. The molecule has 0 saturated carbocycles. The number of carbonyl (C=O) groups is 4. The highest BCUT2D eigenvalue weighted by Crippen LogP contribution is 2.46. The molecule has 0 radical (unpaired) electrons. The molecule has 4 amide bonds. The average molecular weight is 789 g/mol. The Morgan fingerprint density at radius 1 is 0.448 bits per heavy atom. The highest BCUT2D eigenvalue weighted by Gasteiger charge is 2.38. The number of benzene rings is 5. The van der Waals surface area contributed by atoms with Gasteiger partial charge in [-0.25, -0.2) is 0 Å². The first kappa shape index (κ1) is 40.7. The Labute approximate surface area is 337 Å². The lowest BCUT2D eigenvalue weighted by atomic mass is 9.82. The van der Waals surface area contributed by atoms with Crippen LogP contribution in [0.4, 0.5) is 0 Å². The standard InChI is InChI=1S/C46H52N4O8/c1-3-5-13-29(15-9-7-11-25-49(55)56)27-47-43(51)35-21-17-31-33-19-23-37-42-38(24-20-34(40(33)42)32-18-22-36(44(47)52)41(35)39(31)32)46(54)48(45(37)53)28-30(14-6-4-2)16-10-8-12-26-50(57)58/h17-24,29-30H,3-16,25-28H2,1-2H3. The second-order valence-electron chi connectivity index (χ2n) is 16.4. The minimum absolute atomic E-state index is 0.0532.